The Labute approximate surface area is 121 Å². The molecule has 1 heterocycles. The van der Waals surface area contributed by atoms with E-state index in [9.17, 15) is 8.42 Å². The second-order valence-corrected chi connectivity index (χ2v) is 7.81. The van der Waals surface area contributed by atoms with Crippen LogP contribution in [0.3, 0.4) is 0 Å². The maximum atomic E-state index is 12.2. The molecule has 1 atom stereocenters. The van der Waals surface area contributed by atoms with Crippen molar-refractivity contribution in [1.82, 2.24) is 0 Å². The molecule has 4 nitrogen and oxygen atoms in total. The lowest BCUT2D eigenvalue weighted by Gasteiger charge is -2.28. The lowest BCUT2D eigenvalue weighted by Crippen LogP contribution is -2.32. The van der Waals surface area contributed by atoms with Crippen LogP contribution in [-0.4, -0.2) is 32.7 Å². The van der Waals surface area contributed by atoms with Crippen LogP contribution in [0.25, 0.3) is 0 Å². The van der Waals surface area contributed by atoms with Gasteiger partial charge in [0.25, 0.3) is 0 Å². The standard InChI is InChI=1S/C15H22O4S/c1-15(2,19-14-9-6-11-18-14)10-12-20(16,17)13-7-4-3-5-8-13/h3-5,7-8,14H,6,9-12H2,1-2H3. The van der Waals surface area contributed by atoms with E-state index in [1.165, 1.54) is 0 Å². The summed E-state index contributed by atoms with van der Waals surface area (Å²) in [6, 6.07) is 8.54. The van der Waals surface area contributed by atoms with E-state index in [0.29, 0.717) is 11.3 Å². The summed E-state index contributed by atoms with van der Waals surface area (Å²) in [4.78, 5) is 0.368. The molecule has 1 aromatic carbocycles. The van der Waals surface area contributed by atoms with Crippen molar-refractivity contribution in [2.45, 2.75) is 49.9 Å². The molecule has 1 saturated heterocycles. The highest BCUT2D eigenvalue weighted by Crippen LogP contribution is 2.25. The quantitative estimate of drug-likeness (QED) is 0.810. The van der Waals surface area contributed by atoms with Crippen molar-refractivity contribution in [2.75, 3.05) is 12.4 Å². The van der Waals surface area contributed by atoms with Gasteiger partial charge < -0.3 is 9.47 Å². The Morgan fingerprint density at radius 2 is 2.00 bits per heavy atom. The van der Waals surface area contributed by atoms with E-state index in [1.54, 1.807) is 24.3 Å². The summed E-state index contributed by atoms with van der Waals surface area (Å²) in [5.41, 5.74) is -0.503. The molecule has 0 aliphatic carbocycles. The molecule has 112 valence electrons. The van der Waals surface area contributed by atoms with Gasteiger partial charge in [0.1, 0.15) is 0 Å². The second-order valence-electron chi connectivity index (χ2n) is 5.70. The van der Waals surface area contributed by atoms with Crippen LogP contribution in [0.15, 0.2) is 35.2 Å². The Balaban J connectivity index is 1.93. The van der Waals surface area contributed by atoms with E-state index in [0.717, 1.165) is 19.4 Å². The highest BCUT2D eigenvalue weighted by atomic mass is 32.2. The lowest BCUT2D eigenvalue weighted by atomic mass is 10.1. The summed E-state index contributed by atoms with van der Waals surface area (Å²) in [5, 5.41) is 0. The molecule has 1 aliphatic rings. The first kappa shape index (κ1) is 15.5. The van der Waals surface area contributed by atoms with Gasteiger partial charge in [0.15, 0.2) is 16.1 Å². The predicted molar refractivity (Wildman–Crippen MR) is 77.2 cm³/mol. The third kappa shape index (κ3) is 4.30. The Hall–Kier alpha value is -0.910. The topological polar surface area (TPSA) is 52.6 Å². The van der Waals surface area contributed by atoms with Gasteiger partial charge in [-0.1, -0.05) is 18.2 Å². The number of hydrogen-bond acceptors (Lipinski definition) is 4. The maximum absolute atomic E-state index is 12.2. The van der Waals surface area contributed by atoms with Gasteiger partial charge >= 0.3 is 0 Å². The van der Waals surface area contributed by atoms with Gasteiger partial charge in [-0.25, -0.2) is 8.42 Å². The number of ether oxygens (including phenoxy) is 2. The SMILES string of the molecule is CC(C)(CCS(=O)(=O)c1ccccc1)OC1CCCO1. The van der Waals surface area contributed by atoms with Gasteiger partial charge in [0, 0.05) is 13.0 Å². The van der Waals surface area contributed by atoms with Gasteiger partial charge in [-0.15, -0.1) is 0 Å². The summed E-state index contributed by atoms with van der Waals surface area (Å²) < 4.78 is 35.7. The van der Waals surface area contributed by atoms with Gasteiger partial charge in [-0.3, -0.25) is 0 Å². The highest BCUT2D eigenvalue weighted by Gasteiger charge is 2.28. The summed E-state index contributed by atoms with van der Waals surface area (Å²) in [6.07, 6.45) is 2.14. The fraction of sp³-hybridized carbons (Fsp3) is 0.600. The summed E-state index contributed by atoms with van der Waals surface area (Å²) in [5.74, 6) is 0.0801. The van der Waals surface area contributed by atoms with Crippen LogP contribution in [0.4, 0.5) is 0 Å². The van der Waals surface area contributed by atoms with Gasteiger partial charge in [-0.2, -0.15) is 0 Å². The molecule has 2 rings (SSSR count). The zero-order valence-corrected chi connectivity index (χ0v) is 12.9. The zero-order valence-electron chi connectivity index (χ0n) is 12.0. The van der Waals surface area contributed by atoms with Crippen LogP contribution in [-0.2, 0) is 19.3 Å². The minimum Gasteiger partial charge on any atom is -0.353 e. The highest BCUT2D eigenvalue weighted by molar-refractivity contribution is 7.91. The molecular formula is C15H22O4S. The average Bonchev–Trinajstić information content (AvgIpc) is 2.90. The second kappa shape index (κ2) is 6.24. The normalized spacial score (nSPS) is 20.2. The smallest absolute Gasteiger partial charge is 0.178 e. The van der Waals surface area contributed by atoms with Crippen molar-refractivity contribution in [1.29, 1.82) is 0 Å². The molecule has 0 amide bonds. The summed E-state index contributed by atoms with van der Waals surface area (Å²) in [7, 11) is -3.25. The minimum atomic E-state index is -3.25. The van der Waals surface area contributed by atoms with Crippen LogP contribution in [0.2, 0.25) is 0 Å². The fourth-order valence-corrected chi connectivity index (χ4v) is 3.75. The number of rotatable bonds is 6. The van der Waals surface area contributed by atoms with Gasteiger partial charge in [-0.05, 0) is 38.8 Å². The van der Waals surface area contributed by atoms with Crippen LogP contribution in [0, 0.1) is 0 Å². The largest absolute Gasteiger partial charge is 0.353 e. The van der Waals surface area contributed by atoms with Crippen molar-refractivity contribution in [3.63, 3.8) is 0 Å². The first-order valence-corrected chi connectivity index (χ1v) is 8.62. The molecule has 0 N–H and O–H groups in total. The average molecular weight is 298 g/mol. The van der Waals surface area contributed by atoms with E-state index >= 15 is 0 Å². The summed E-state index contributed by atoms with van der Waals surface area (Å²) in [6.45, 7) is 4.55. The third-order valence-corrected chi connectivity index (χ3v) is 5.15. The first-order chi connectivity index (χ1) is 9.39. The fourth-order valence-electron chi connectivity index (χ4n) is 2.18. The molecule has 0 bridgehead atoms. The van der Waals surface area contributed by atoms with E-state index in [4.69, 9.17) is 9.47 Å². The Morgan fingerprint density at radius 3 is 2.60 bits per heavy atom. The molecule has 0 spiro atoms. The van der Waals surface area contributed by atoms with Crippen molar-refractivity contribution in [2.24, 2.45) is 0 Å². The van der Waals surface area contributed by atoms with E-state index in [2.05, 4.69) is 0 Å². The van der Waals surface area contributed by atoms with Crippen molar-refractivity contribution in [3.8, 4) is 0 Å². The molecule has 1 aromatic rings. The van der Waals surface area contributed by atoms with E-state index < -0.39 is 15.4 Å². The Bertz CT molecular complexity index is 516. The van der Waals surface area contributed by atoms with Crippen LogP contribution < -0.4 is 0 Å². The summed E-state index contributed by atoms with van der Waals surface area (Å²) >= 11 is 0. The molecule has 0 aromatic heterocycles. The molecule has 0 radical (unpaired) electrons. The van der Waals surface area contributed by atoms with Crippen molar-refractivity contribution >= 4 is 9.84 Å². The van der Waals surface area contributed by atoms with Crippen LogP contribution >= 0.6 is 0 Å². The minimum absolute atomic E-state index is 0.0801. The molecule has 20 heavy (non-hydrogen) atoms. The lowest BCUT2D eigenvalue weighted by molar-refractivity contribution is -0.178. The molecule has 1 fully saturated rings. The predicted octanol–water partition coefficient (Wildman–Crippen LogP) is 2.78. The number of benzene rings is 1. The molecular weight excluding hydrogens is 276 g/mol. The number of sulfone groups is 1. The maximum Gasteiger partial charge on any atom is 0.178 e. The number of hydrogen-bond donors (Lipinski definition) is 0. The van der Waals surface area contributed by atoms with Gasteiger partial charge in [0.05, 0.1) is 16.2 Å². The van der Waals surface area contributed by atoms with Crippen LogP contribution in [0.1, 0.15) is 33.1 Å². The zero-order chi connectivity index (χ0) is 14.6. The van der Waals surface area contributed by atoms with Gasteiger partial charge in [0.2, 0.25) is 0 Å². The third-order valence-electron chi connectivity index (χ3n) is 3.41. The van der Waals surface area contributed by atoms with Crippen LogP contribution in [0.5, 0.6) is 0 Å². The molecule has 1 unspecified atom stereocenters. The molecule has 0 saturated carbocycles. The Morgan fingerprint density at radius 1 is 1.30 bits per heavy atom. The van der Waals surface area contributed by atoms with Crippen molar-refractivity contribution in [3.05, 3.63) is 30.3 Å². The van der Waals surface area contributed by atoms with E-state index in [1.807, 2.05) is 19.9 Å². The van der Waals surface area contributed by atoms with Crippen molar-refractivity contribution < 1.29 is 17.9 Å². The first-order valence-electron chi connectivity index (χ1n) is 6.96. The monoisotopic (exact) mass is 298 g/mol. The Kier molecular flexibility index (Phi) is 4.83. The van der Waals surface area contributed by atoms with E-state index in [-0.39, 0.29) is 12.0 Å². The molecule has 1 aliphatic heterocycles. The molecule has 5 heteroatoms.